The van der Waals surface area contributed by atoms with Gasteiger partial charge in [-0.3, -0.25) is 9.59 Å². The predicted molar refractivity (Wildman–Crippen MR) is 112 cm³/mol. The Labute approximate surface area is 177 Å². The molecule has 1 amide bonds. The third-order valence-electron chi connectivity index (χ3n) is 5.79. The van der Waals surface area contributed by atoms with E-state index in [0.717, 1.165) is 17.7 Å². The Kier molecular flexibility index (Phi) is 4.52. The van der Waals surface area contributed by atoms with Gasteiger partial charge in [-0.05, 0) is 48.7 Å². The van der Waals surface area contributed by atoms with Crippen LogP contribution in [0.4, 0.5) is 0 Å². The van der Waals surface area contributed by atoms with Gasteiger partial charge in [0.15, 0.2) is 5.76 Å². The Bertz CT molecular complexity index is 1170. The van der Waals surface area contributed by atoms with Crippen LogP contribution in [-0.2, 0) is 6.54 Å². The summed E-state index contributed by atoms with van der Waals surface area (Å²) >= 11 is 12.1. The largest absolute Gasteiger partial charge is 0.451 e. The summed E-state index contributed by atoms with van der Waals surface area (Å²) in [6.07, 6.45) is 1.000. The van der Waals surface area contributed by atoms with Gasteiger partial charge in [0.25, 0.3) is 11.5 Å². The van der Waals surface area contributed by atoms with Crippen LogP contribution in [0.3, 0.4) is 0 Å². The van der Waals surface area contributed by atoms with Crippen molar-refractivity contribution in [3.8, 4) is 11.3 Å². The van der Waals surface area contributed by atoms with Crippen molar-refractivity contribution >= 4 is 29.1 Å². The van der Waals surface area contributed by atoms with Crippen molar-refractivity contribution in [3.63, 3.8) is 0 Å². The topological polar surface area (TPSA) is 55.5 Å². The normalized spacial score (nSPS) is 20.4. The van der Waals surface area contributed by atoms with Crippen LogP contribution in [0.15, 0.2) is 57.7 Å². The molecule has 29 heavy (non-hydrogen) atoms. The summed E-state index contributed by atoms with van der Waals surface area (Å²) < 4.78 is 7.70. The molecule has 1 saturated heterocycles. The monoisotopic (exact) mass is 428 g/mol. The fourth-order valence-corrected chi connectivity index (χ4v) is 4.77. The van der Waals surface area contributed by atoms with Crippen molar-refractivity contribution in [2.24, 2.45) is 5.92 Å². The average molecular weight is 429 g/mol. The molecule has 0 saturated carbocycles. The molecule has 1 aromatic carbocycles. The highest BCUT2D eigenvalue weighted by Crippen LogP contribution is 2.36. The number of amides is 1. The molecule has 2 aliphatic rings. The molecule has 0 N–H and O–H groups in total. The van der Waals surface area contributed by atoms with Gasteiger partial charge in [-0.1, -0.05) is 29.3 Å². The first-order valence-corrected chi connectivity index (χ1v) is 10.3. The second-order valence-corrected chi connectivity index (χ2v) is 8.52. The molecule has 2 bridgehead atoms. The lowest BCUT2D eigenvalue weighted by Crippen LogP contribution is -2.49. The number of furan rings is 1. The second kappa shape index (κ2) is 7.08. The number of benzene rings is 1. The van der Waals surface area contributed by atoms with Crippen molar-refractivity contribution in [2.45, 2.75) is 18.9 Å². The number of halogens is 2. The van der Waals surface area contributed by atoms with E-state index in [-0.39, 0.29) is 23.3 Å². The number of aromatic nitrogens is 1. The van der Waals surface area contributed by atoms with Crippen LogP contribution in [0, 0.1) is 5.92 Å². The first-order chi connectivity index (χ1) is 14.0. The molecule has 7 heteroatoms. The van der Waals surface area contributed by atoms with Crippen LogP contribution >= 0.6 is 23.2 Å². The Morgan fingerprint density at radius 2 is 1.86 bits per heavy atom. The fraction of sp³-hybridized carbons (Fsp3) is 0.273. The van der Waals surface area contributed by atoms with Crippen LogP contribution in [0.5, 0.6) is 0 Å². The number of carbonyl (C=O) groups is 1. The minimum atomic E-state index is -0.127. The van der Waals surface area contributed by atoms with Gasteiger partial charge in [0, 0.05) is 42.9 Å². The molecule has 2 aromatic heterocycles. The average Bonchev–Trinajstić information content (AvgIpc) is 3.20. The zero-order valence-electron chi connectivity index (χ0n) is 15.5. The van der Waals surface area contributed by atoms with Crippen LogP contribution in [0.2, 0.25) is 10.0 Å². The van der Waals surface area contributed by atoms with E-state index in [1.807, 2.05) is 15.5 Å². The van der Waals surface area contributed by atoms with E-state index in [4.69, 9.17) is 27.6 Å². The molecule has 0 aliphatic carbocycles. The lowest BCUT2D eigenvalue weighted by Gasteiger charge is -2.42. The standard InChI is InChI=1S/C22H18Cl2N2O3/c23-16-5-4-14(9-17(16)24)19-6-7-20(29-19)22(28)25-10-13-8-15(12-25)18-2-1-3-21(27)26(18)11-13/h1-7,9,13,15H,8,10-12H2. The summed E-state index contributed by atoms with van der Waals surface area (Å²) in [6.45, 7) is 1.86. The van der Waals surface area contributed by atoms with E-state index < -0.39 is 0 Å². The van der Waals surface area contributed by atoms with E-state index in [0.29, 0.717) is 41.2 Å². The van der Waals surface area contributed by atoms with Crippen molar-refractivity contribution in [1.29, 1.82) is 0 Å². The summed E-state index contributed by atoms with van der Waals surface area (Å²) in [7, 11) is 0. The molecule has 2 atom stereocenters. The summed E-state index contributed by atoms with van der Waals surface area (Å²) in [6, 6.07) is 14.1. The van der Waals surface area contributed by atoms with Gasteiger partial charge >= 0.3 is 0 Å². The SMILES string of the molecule is O=C(c1ccc(-c2ccc(Cl)c(Cl)c2)o1)N1CC2CC(C1)c1cccc(=O)n1C2. The zero-order chi connectivity index (χ0) is 20.1. The maximum Gasteiger partial charge on any atom is 0.289 e. The number of carbonyl (C=O) groups excluding carboxylic acids is 1. The maximum absolute atomic E-state index is 13.1. The fourth-order valence-electron chi connectivity index (χ4n) is 4.48. The van der Waals surface area contributed by atoms with Gasteiger partial charge in [0.2, 0.25) is 0 Å². The molecule has 0 radical (unpaired) electrons. The Hall–Kier alpha value is -2.50. The third-order valence-corrected chi connectivity index (χ3v) is 6.53. The van der Waals surface area contributed by atoms with Crippen LogP contribution in [0.25, 0.3) is 11.3 Å². The highest BCUT2D eigenvalue weighted by molar-refractivity contribution is 6.42. The molecule has 0 spiro atoms. The van der Waals surface area contributed by atoms with Crippen molar-refractivity contribution in [2.75, 3.05) is 13.1 Å². The molecule has 1 fully saturated rings. The minimum absolute atomic E-state index is 0.0364. The first-order valence-electron chi connectivity index (χ1n) is 9.54. The zero-order valence-corrected chi connectivity index (χ0v) is 17.0. The van der Waals surface area contributed by atoms with Gasteiger partial charge in [-0.2, -0.15) is 0 Å². The van der Waals surface area contributed by atoms with E-state index in [2.05, 4.69) is 0 Å². The number of likely N-dealkylation sites (tertiary alicyclic amines) is 1. The molecule has 3 aromatic rings. The Balaban J connectivity index is 1.39. The van der Waals surface area contributed by atoms with Gasteiger partial charge in [-0.15, -0.1) is 0 Å². The van der Waals surface area contributed by atoms with Crippen LogP contribution < -0.4 is 5.56 Å². The number of pyridine rings is 1. The summed E-state index contributed by atoms with van der Waals surface area (Å²) in [5.74, 6) is 1.19. The van der Waals surface area contributed by atoms with Crippen molar-refractivity contribution in [3.05, 3.63) is 80.4 Å². The quantitative estimate of drug-likeness (QED) is 0.595. The molecule has 4 heterocycles. The lowest BCUT2D eigenvalue weighted by atomic mass is 9.83. The molecule has 5 nitrogen and oxygen atoms in total. The molecule has 5 rings (SSSR count). The number of nitrogens with zero attached hydrogens (tertiary/aromatic N) is 2. The number of hydrogen-bond donors (Lipinski definition) is 0. The van der Waals surface area contributed by atoms with E-state index >= 15 is 0 Å². The van der Waals surface area contributed by atoms with Crippen LogP contribution in [-0.4, -0.2) is 28.5 Å². The maximum atomic E-state index is 13.1. The smallest absolute Gasteiger partial charge is 0.289 e. The van der Waals surface area contributed by atoms with Gasteiger partial charge in [-0.25, -0.2) is 0 Å². The summed E-state index contributed by atoms with van der Waals surface area (Å²) in [5.41, 5.74) is 1.82. The minimum Gasteiger partial charge on any atom is -0.451 e. The number of rotatable bonds is 2. The van der Waals surface area contributed by atoms with E-state index in [1.165, 1.54) is 0 Å². The predicted octanol–water partition coefficient (Wildman–Crippen LogP) is 4.67. The molecule has 2 unspecified atom stereocenters. The second-order valence-electron chi connectivity index (χ2n) is 7.70. The van der Waals surface area contributed by atoms with Crippen molar-refractivity contribution in [1.82, 2.24) is 9.47 Å². The summed E-state index contributed by atoms with van der Waals surface area (Å²) in [4.78, 5) is 27.1. The molecule has 2 aliphatic heterocycles. The van der Waals surface area contributed by atoms with E-state index in [1.54, 1.807) is 42.5 Å². The first kappa shape index (κ1) is 18.5. The Morgan fingerprint density at radius 1 is 1.00 bits per heavy atom. The van der Waals surface area contributed by atoms with Crippen LogP contribution in [0.1, 0.15) is 28.6 Å². The molecule has 148 valence electrons. The van der Waals surface area contributed by atoms with Gasteiger partial charge in [0.1, 0.15) is 5.76 Å². The summed E-state index contributed by atoms with van der Waals surface area (Å²) in [5, 5.41) is 0.906. The highest BCUT2D eigenvalue weighted by Gasteiger charge is 2.37. The highest BCUT2D eigenvalue weighted by atomic mass is 35.5. The lowest BCUT2D eigenvalue weighted by molar-refractivity contribution is 0.0564. The molecular formula is C22H18Cl2N2O3. The van der Waals surface area contributed by atoms with Crippen molar-refractivity contribution < 1.29 is 9.21 Å². The molecular weight excluding hydrogens is 411 g/mol. The third kappa shape index (κ3) is 3.28. The number of fused-ring (bicyclic) bond motifs is 4. The van der Waals surface area contributed by atoms with Gasteiger partial charge in [0.05, 0.1) is 10.0 Å². The number of hydrogen-bond acceptors (Lipinski definition) is 3. The van der Waals surface area contributed by atoms with Gasteiger partial charge < -0.3 is 13.9 Å². The van der Waals surface area contributed by atoms with E-state index in [9.17, 15) is 9.59 Å². The number of piperidine rings is 1. The Morgan fingerprint density at radius 3 is 2.69 bits per heavy atom.